The number of hydrogen-bond donors (Lipinski definition) is 0. The molecule has 0 saturated carbocycles. The first kappa shape index (κ1) is 14.2. The molecule has 0 atom stereocenters. The highest BCUT2D eigenvalue weighted by molar-refractivity contribution is 5.57. The molecule has 0 fully saturated rings. The Morgan fingerprint density at radius 3 is 2.32 bits per heavy atom. The highest BCUT2D eigenvalue weighted by atomic mass is 19.1. The standard InChI is InChI=1S/C18H15FN2O/c1-13-2-4-14(5-3-13)12-21-18(22)11-10-17(20-21)15-6-8-16(19)9-7-15/h2-11H,12H2,1H3. The van der Waals surface area contributed by atoms with Gasteiger partial charge in [-0.15, -0.1) is 0 Å². The van der Waals surface area contributed by atoms with Crippen molar-refractivity contribution in [3.05, 3.63) is 88.0 Å². The van der Waals surface area contributed by atoms with Gasteiger partial charge in [-0.1, -0.05) is 29.8 Å². The van der Waals surface area contributed by atoms with Gasteiger partial charge in [-0.2, -0.15) is 5.10 Å². The molecule has 0 saturated heterocycles. The van der Waals surface area contributed by atoms with Crippen molar-refractivity contribution >= 4 is 0 Å². The van der Waals surface area contributed by atoms with Gasteiger partial charge in [0.2, 0.25) is 0 Å². The molecule has 0 aliphatic rings. The molecule has 3 nitrogen and oxygen atoms in total. The van der Waals surface area contributed by atoms with Crippen molar-refractivity contribution in [2.75, 3.05) is 0 Å². The molecule has 0 aliphatic heterocycles. The van der Waals surface area contributed by atoms with E-state index in [9.17, 15) is 9.18 Å². The topological polar surface area (TPSA) is 34.9 Å². The Morgan fingerprint density at radius 2 is 1.64 bits per heavy atom. The third kappa shape index (κ3) is 3.11. The van der Waals surface area contributed by atoms with Gasteiger partial charge in [0, 0.05) is 11.6 Å². The largest absolute Gasteiger partial charge is 0.268 e. The van der Waals surface area contributed by atoms with E-state index in [0.29, 0.717) is 12.2 Å². The van der Waals surface area contributed by atoms with Crippen LogP contribution in [0.25, 0.3) is 11.3 Å². The monoisotopic (exact) mass is 294 g/mol. The molecule has 0 aliphatic carbocycles. The molecule has 2 aromatic carbocycles. The van der Waals surface area contributed by atoms with Crippen LogP contribution in [0.2, 0.25) is 0 Å². The van der Waals surface area contributed by atoms with E-state index in [1.165, 1.54) is 28.4 Å². The lowest BCUT2D eigenvalue weighted by molar-refractivity contribution is 0.627. The first-order chi connectivity index (χ1) is 10.6. The van der Waals surface area contributed by atoms with Gasteiger partial charge in [0.15, 0.2) is 0 Å². The van der Waals surface area contributed by atoms with E-state index in [4.69, 9.17) is 0 Å². The van der Waals surface area contributed by atoms with Gasteiger partial charge in [0.25, 0.3) is 5.56 Å². The lowest BCUT2D eigenvalue weighted by Gasteiger charge is -2.08. The summed E-state index contributed by atoms with van der Waals surface area (Å²) >= 11 is 0. The van der Waals surface area contributed by atoms with E-state index < -0.39 is 0 Å². The Morgan fingerprint density at radius 1 is 0.955 bits per heavy atom. The van der Waals surface area contributed by atoms with Gasteiger partial charge in [0.05, 0.1) is 12.2 Å². The second kappa shape index (κ2) is 5.93. The van der Waals surface area contributed by atoms with Gasteiger partial charge in [-0.05, 0) is 42.8 Å². The Balaban J connectivity index is 1.94. The maximum atomic E-state index is 13.0. The molecule has 110 valence electrons. The minimum absolute atomic E-state index is 0.161. The van der Waals surface area contributed by atoms with Gasteiger partial charge in [-0.3, -0.25) is 4.79 Å². The lowest BCUT2D eigenvalue weighted by Crippen LogP contribution is -2.22. The second-order valence-electron chi connectivity index (χ2n) is 5.21. The van der Waals surface area contributed by atoms with E-state index >= 15 is 0 Å². The van der Waals surface area contributed by atoms with Crippen LogP contribution in [0.15, 0.2) is 65.5 Å². The van der Waals surface area contributed by atoms with Gasteiger partial charge < -0.3 is 0 Å². The molecule has 0 unspecified atom stereocenters. The number of benzene rings is 2. The Hall–Kier alpha value is -2.75. The molecule has 3 aromatic rings. The maximum Gasteiger partial charge on any atom is 0.267 e. The summed E-state index contributed by atoms with van der Waals surface area (Å²) in [5, 5.41) is 4.37. The molecule has 0 amide bonds. The number of aromatic nitrogens is 2. The van der Waals surface area contributed by atoms with E-state index in [2.05, 4.69) is 5.10 Å². The van der Waals surface area contributed by atoms with Crippen molar-refractivity contribution in [1.82, 2.24) is 9.78 Å². The van der Waals surface area contributed by atoms with Crippen LogP contribution in [-0.2, 0) is 6.54 Å². The van der Waals surface area contributed by atoms with Crippen molar-refractivity contribution in [2.45, 2.75) is 13.5 Å². The Kier molecular flexibility index (Phi) is 3.83. The molecule has 0 bridgehead atoms. The molecular formula is C18H15FN2O. The zero-order valence-corrected chi connectivity index (χ0v) is 12.2. The maximum absolute atomic E-state index is 13.0. The number of nitrogens with zero attached hydrogens (tertiary/aromatic N) is 2. The van der Waals surface area contributed by atoms with Gasteiger partial charge in [0.1, 0.15) is 5.82 Å². The smallest absolute Gasteiger partial charge is 0.267 e. The van der Waals surface area contributed by atoms with Crippen molar-refractivity contribution in [2.24, 2.45) is 0 Å². The van der Waals surface area contributed by atoms with Crippen LogP contribution in [0, 0.1) is 12.7 Å². The molecule has 1 aromatic heterocycles. The summed E-state index contributed by atoms with van der Waals surface area (Å²) in [6, 6.07) is 17.2. The van der Waals surface area contributed by atoms with E-state index in [1.807, 2.05) is 31.2 Å². The van der Waals surface area contributed by atoms with Crippen molar-refractivity contribution in [1.29, 1.82) is 0 Å². The van der Waals surface area contributed by atoms with Crippen molar-refractivity contribution < 1.29 is 4.39 Å². The highest BCUT2D eigenvalue weighted by Crippen LogP contribution is 2.16. The zero-order valence-electron chi connectivity index (χ0n) is 12.2. The molecule has 0 radical (unpaired) electrons. The number of aryl methyl sites for hydroxylation is 1. The summed E-state index contributed by atoms with van der Waals surface area (Å²) in [6.07, 6.45) is 0. The predicted molar refractivity (Wildman–Crippen MR) is 84.2 cm³/mol. The minimum atomic E-state index is -0.295. The van der Waals surface area contributed by atoms with E-state index in [0.717, 1.165) is 11.1 Å². The molecule has 1 heterocycles. The zero-order chi connectivity index (χ0) is 15.5. The summed E-state index contributed by atoms with van der Waals surface area (Å²) in [4.78, 5) is 12.0. The van der Waals surface area contributed by atoms with Crippen molar-refractivity contribution in [3.8, 4) is 11.3 Å². The summed E-state index contributed by atoms with van der Waals surface area (Å²) in [5.74, 6) is -0.295. The number of hydrogen-bond acceptors (Lipinski definition) is 2. The van der Waals surface area contributed by atoms with Crippen LogP contribution in [0.1, 0.15) is 11.1 Å². The Labute approximate surface area is 127 Å². The quantitative estimate of drug-likeness (QED) is 0.742. The van der Waals surface area contributed by atoms with E-state index in [-0.39, 0.29) is 11.4 Å². The first-order valence-electron chi connectivity index (χ1n) is 7.01. The molecule has 22 heavy (non-hydrogen) atoms. The average molecular weight is 294 g/mol. The van der Waals surface area contributed by atoms with Crippen LogP contribution < -0.4 is 5.56 Å². The van der Waals surface area contributed by atoms with E-state index in [1.54, 1.807) is 18.2 Å². The van der Waals surface area contributed by atoms with Crippen molar-refractivity contribution in [3.63, 3.8) is 0 Å². The molecule has 4 heteroatoms. The number of halogens is 1. The minimum Gasteiger partial charge on any atom is -0.268 e. The summed E-state index contributed by atoms with van der Waals surface area (Å²) in [7, 11) is 0. The normalized spacial score (nSPS) is 10.6. The summed E-state index contributed by atoms with van der Waals surface area (Å²) in [6.45, 7) is 2.43. The molecule has 3 rings (SSSR count). The molecule has 0 N–H and O–H groups in total. The molecular weight excluding hydrogens is 279 g/mol. The van der Waals surface area contributed by atoms with Gasteiger partial charge in [-0.25, -0.2) is 9.07 Å². The lowest BCUT2D eigenvalue weighted by atomic mass is 10.1. The second-order valence-corrected chi connectivity index (χ2v) is 5.21. The van der Waals surface area contributed by atoms with Crippen LogP contribution in [0.5, 0.6) is 0 Å². The summed E-state index contributed by atoms with van der Waals surface area (Å²) < 4.78 is 14.4. The van der Waals surface area contributed by atoms with Crippen LogP contribution in [0.3, 0.4) is 0 Å². The third-order valence-electron chi connectivity index (χ3n) is 3.46. The fourth-order valence-corrected chi connectivity index (χ4v) is 2.20. The Bertz CT molecular complexity index is 836. The first-order valence-corrected chi connectivity index (χ1v) is 7.01. The number of rotatable bonds is 3. The van der Waals surface area contributed by atoms with Crippen LogP contribution >= 0.6 is 0 Å². The highest BCUT2D eigenvalue weighted by Gasteiger charge is 2.04. The third-order valence-corrected chi connectivity index (χ3v) is 3.46. The SMILES string of the molecule is Cc1ccc(Cn2nc(-c3ccc(F)cc3)ccc2=O)cc1. The molecule has 0 spiro atoms. The fourth-order valence-electron chi connectivity index (χ4n) is 2.20. The van der Waals surface area contributed by atoms with Crippen LogP contribution in [-0.4, -0.2) is 9.78 Å². The predicted octanol–water partition coefficient (Wildman–Crippen LogP) is 3.41. The fraction of sp³-hybridized carbons (Fsp3) is 0.111. The average Bonchev–Trinajstić information content (AvgIpc) is 2.52. The van der Waals surface area contributed by atoms with Crippen LogP contribution in [0.4, 0.5) is 4.39 Å². The van der Waals surface area contributed by atoms with Gasteiger partial charge >= 0.3 is 0 Å². The summed E-state index contributed by atoms with van der Waals surface area (Å²) in [5.41, 5.74) is 3.44.